The van der Waals surface area contributed by atoms with Gasteiger partial charge in [0.25, 0.3) is 0 Å². The Morgan fingerprint density at radius 2 is 1.75 bits per heavy atom. The second-order valence-electron chi connectivity index (χ2n) is 3.90. The van der Waals surface area contributed by atoms with Crippen LogP contribution in [-0.4, -0.2) is 29.4 Å². The van der Waals surface area contributed by atoms with E-state index in [0.29, 0.717) is 25.7 Å². The molecule has 0 aromatic heterocycles. The van der Waals surface area contributed by atoms with E-state index in [9.17, 15) is 18.1 Å². The standard InChI is InChI=1S/C10H22O4S.K/c1-3-6-9(11)7-5-8-10(4-2)15(12,13)14;/h9-11H,3-8H2,1-2H3,(H,12,13,14);/q;+1/p-1. The number of rotatable bonds is 8. The van der Waals surface area contributed by atoms with Gasteiger partial charge in [0.1, 0.15) is 0 Å². The Bertz CT molecular complexity index is 254. The Kier molecular flexibility index (Phi) is 12.9. The normalized spacial score (nSPS) is 15.2. The number of hydrogen-bond donors (Lipinski definition) is 1. The third kappa shape index (κ3) is 9.53. The van der Waals surface area contributed by atoms with Gasteiger partial charge in [0.15, 0.2) is 0 Å². The van der Waals surface area contributed by atoms with Crippen molar-refractivity contribution in [3.8, 4) is 0 Å². The van der Waals surface area contributed by atoms with E-state index in [1.807, 2.05) is 6.92 Å². The van der Waals surface area contributed by atoms with Crippen LogP contribution in [0.25, 0.3) is 0 Å². The van der Waals surface area contributed by atoms with Crippen molar-refractivity contribution in [1.82, 2.24) is 0 Å². The quantitative estimate of drug-likeness (QED) is 0.439. The van der Waals surface area contributed by atoms with Gasteiger partial charge in [-0.3, -0.25) is 0 Å². The van der Waals surface area contributed by atoms with Gasteiger partial charge in [-0.25, -0.2) is 8.42 Å². The van der Waals surface area contributed by atoms with E-state index in [-0.39, 0.29) is 57.5 Å². The van der Waals surface area contributed by atoms with Crippen molar-refractivity contribution in [2.24, 2.45) is 0 Å². The molecule has 0 amide bonds. The first-order chi connectivity index (χ1) is 6.91. The molecule has 0 saturated carbocycles. The first kappa shape index (κ1) is 19.8. The van der Waals surface area contributed by atoms with Crippen LogP contribution in [0.1, 0.15) is 52.4 Å². The average molecular weight is 276 g/mol. The molecule has 0 rings (SSSR count). The first-order valence-electron chi connectivity index (χ1n) is 5.54. The fourth-order valence-corrected chi connectivity index (χ4v) is 2.47. The van der Waals surface area contributed by atoms with E-state index in [1.165, 1.54) is 0 Å². The number of hydrogen-bond acceptors (Lipinski definition) is 4. The molecule has 4 nitrogen and oxygen atoms in total. The maximum atomic E-state index is 10.7. The van der Waals surface area contributed by atoms with E-state index in [4.69, 9.17) is 0 Å². The summed E-state index contributed by atoms with van der Waals surface area (Å²) in [4.78, 5) is 0. The molecule has 0 radical (unpaired) electrons. The summed E-state index contributed by atoms with van der Waals surface area (Å²) in [5.41, 5.74) is 0. The van der Waals surface area contributed by atoms with Crippen LogP contribution in [0.4, 0.5) is 0 Å². The number of aliphatic hydroxyl groups is 1. The molecule has 0 bridgehead atoms. The summed E-state index contributed by atoms with van der Waals surface area (Å²) in [7, 11) is -4.16. The molecule has 2 unspecified atom stereocenters. The van der Waals surface area contributed by atoms with Crippen molar-refractivity contribution in [3.63, 3.8) is 0 Å². The van der Waals surface area contributed by atoms with Crippen LogP contribution >= 0.6 is 0 Å². The zero-order valence-electron chi connectivity index (χ0n) is 10.5. The van der Waals surface area contributed by atoms with Crippen LogP contribution in [0.2, 0.25) is 0 Å². The molecule has 16 heavy (non-hydrogen) atoms. The summed E-state index contributed by atoms with van der Waals surface area (Å²) >= 11 is 0. The molecule has 0 aromatic carbocycles. The van der Waals surface area contributed by atoms with E-state index in [0.717, 1.165) is 12.8 Å². The van der Waals surface area contributed by atoms with Gasteiger partial charge in [0.2, 0.25) is 0 Å². The molecule has 0 aliphatic carbocycles. The predicted molar refractivity (Wildman–Crippen MR) is 58.5 cm³/mol. The maximum absolute atomic E-state index is 10.7. The molecule has 0 saturated heterocycles. The van der Waals surface area contributed by atoms with E-state index in [1.54, 1.807) is 6.92 Å². The third-order valence-electron chi connectivity index (χ3n) is 2.55. The minimum Gasteiger partial charge on any atom is -0.748 e. The smallest absolute Gasteiger partial charge is 0.748 e. The minimum atomic E-state index is -4.16. The van der Waals surface area contributed by atoms with Gasteiger partial charge >= 0.3 is 51.4 Å². The van der Waals surface area contributed by atoms with Gasteiger partial charge in [-0.05, 0) is 32.1 Å². The topological polar surface area (TPSA) is 77.4 Å². The summed E-state index contributed by atoms with van der Waals surface area (Å²) in [6.07, 6.45) is 3.20. The summed E-state index contributed by atoms with van der Waals surface area (Å²) in [5.74, 6) is 0. The zero-order chi connectivity index (χ0) is 11.9. The minimum absolute atomic E-state index is 0. The Morgan fingerprint density at radius 1 is 1.19 bits per heavy atom. The van der Waals surface area contributed by atoms with Crippen LogP contribution in [0.3, 0.4) is 0 Å². The third-order valence-corrected chi connectivity index (χ3v) is 3.93. The largest absolute Gasteiger partial charge is 1.00 e. The van der Waals surface area contributed by atoms with Gasteiger partial charge in [-0.1, -0.05) is 20.3 Å². The van der Waals surface area contributed by atoms with Crippen molar-refractivity contribution in [2.75, 3.05) is 0 Å². The fourth-order valence-electron chi connectivity index (χ4n) is 1.61. The Morgan fingerprint density at radius 3 is 2.12 bits per heavy atom. The maximum Gasteiger partial charge on any atom is 1.00 e. The average Bonchev–Trinajstić information content (AvgIpc) is 2.10. The molecule has 0 fully saturated rings. The molecule has 1 N–H and O–H groups in total. The van der Waals surface area contributed by atoms with Crippen LogP contribution < -0.4 is 51.4 Å². The fraction of sp³-hybridized carbons (Fsp3) is 1.00. The Hall–Kier alpha value is 1.51. The summed E-state index contributed by atoms with van der Waals surface area (Å²) in [6.45, 7) is 3.68. The van der Waals surface area contributed by atoms with Crippen molar-refractivity contribution in [2.45, 2.75) is 63.7 Å². The molecular weight excluding hydrogens is 255 g/mol. The monoisotopic (exact) mass is 276 g/mol. The van der Waals surface area contributed by atoms with Crippen molar-refractivity contribution >= 4 is 10.1 Å². The molecule has 0 aromatic rings. The second-order valence-corrected chi connectivity index (χ2v) is 5.55. The van der Waals surface area contributed by atoms with E-state index in [2.05, 4.69) is 0 Å². The molecule has 6 heteroatoms. The Labute approximate surface area is 141 Å². The summed E-state index contributed by atoms with van der Waals surface area (Å²) in [5, 5.41) is 8.62. The number of aliphatic hydroxyl groups excluding tert-OH is 1. The van der Waals surface area contributed by atoms with Crippen LogP contribution in [-0.2, 0) is 10.1 Å². The van der Waals surface area contributed by atoms with E-state index < -0.39 is 15.4 Å². The zero-order valence-corrected chi connectivity index (χ0v) is 14.4. The Balaban J connectivity index is 0. The molecule has 0 aliphatic rings. The summed E-state index contributed by atoms with van der Waals surface area (Å²) < 4.78 is 32.2. The molecule has 0 heterocycles. The van der Waals surface area contributed by atoms with Crippen molar-refractivity contribution < 1.29 is 69.5 Å². The van der Waals surface area contributed by atoms with Gasteiger partial charge in [-0.15, -0.1) is 0 Å². The van der Waals surface area contributed by atoms with Gasteiger partial charge in [0, 0.05) is 5.25 Å². The van der Waals surface area contributed by atoms with Crippen LogP contribution in [0, 0.1) is 0 Å². The molecule has 92 valence electrons. The molecule has 0 aliphatic heterocycles. The SMILES string of the molecule is CCCC(O)CCCC(CC)S(=O)(=O)[O-].[K+]. The van der Waals surface area contributed by atoms with Crippen LogP contribution in [0.15, 0.2) is 0 Å². The van der Waals surface area contributed by atoms with Gasteiger partial charge < -0.3 is 9.66 Å². The van der Waals surface area contributed by atoms with Gasteiger partial charge in [-0.2, -0.15) is 0 Å². The van der Waals surface area contributed by atoms with E-state index >= 15 is 0 Å². The summed E-state index contributed by atoms with van der Waals surface area (Å²) in [6, 6.07) is 0. The molecule has 2 atom stereocenters. The molecular formula is C10H21KO4S. The van der Waals surface area contributed by atoms with Gasteiger partial charge in [0.05, 0.1) is 16.2 Å². The molecule has 0 spiro atoms. The first-order valence-corrected chi connectivity index (χ1v) is 7.01. The van der Waals surface area contributed by atoms with Crippen molar-refractivity contribution in [3.05, 3.63) is 0 Å². The second kappa shape index (κ2) is 10.4. The van der Waals surface area contributed by atoms with Crippen LogP contribution in [0.5, 0.6) is 0 Å². The van der Waals surface area contributed by atoms with Crippen molar-refractivity contribution in [1.29, 1.82) is 0 Å². The predicted octanol–water partition coefficient (Wildman–Crippen LogP) is -1.35.